The van der Waals surface area contributed by atoms with Gasteiger partial charge in [0.15, 0.2) is 0 Å². The Hall–Kier alpha value is -12.8. The van der Waals surface area contributed by atoms with Crippen LogP contribution in [0, 0.1) is 82.9 Å². The Morgan fingerprint density at radius 1 is 0.292 bits per heavy atom. The van der Waals surface area contributed by atoms with E-state index in [0.717, 1.165) is 73.4 Å². The first-order valence-corrected chi connectivity index (χ1v) is 49.8. The normalized spacial score (nSPS) is 26.8. The van der Waals surface area contributed by atoms with E-state index in [9.17, 15) is 71.9 Å². The lowest BCUT2D eigenvalue weighted by molar-refractivity contribution is -0.142. The molecule has 7 heterocycles. The molecule has 2 saturated carbocycles. The molecular formula is C114H123N7O16. The maximum absolute atomic E-state index is 13.5. The standard InChI is InChI=1S/C36H44N2O4.C36H32N2O4.C28H32N2O4.C14H15NO4/c2*39-33-29-16-14-27(25-10-3-1-4-11-25)19-31(29)35(41)37(33)21-23-8-7-9-24(18-23)22-38-34(40)30-17-15-28(20-32(30)36(38)42)26-12-5-2-6-13-26;1-15-8-21-22(9-16(15)2)26(32)29(25(21)31)13-19-6-5-7-20(12-19)14-30-27(33)23-10-17(3)18(4)11-24(23)28(30)34;1-10(9-15-12(16)7-8-13(15)17)19-14(18)11-5-3-2-4-6-11/h7-9,14-15,18,25-26,29-32H,1-6,10-13,16-17,19-22H2;1-15,18,29-32H,16-17,19-22H2;5-7,12,21-24H,8-11,13-14H2,1-4H3;2-6,10H,7-9H2,1H3. The molecule has 0 bridgehead atoms. The minimum absolute atomic E-state index is 0.0351. The number of imide groups is 7. The van der Waals surface area contributed by atoms with Gasteiger partial charge in [-0.15, -0.1) is 0 Å². The Kier molecular flexibility index (Phi) is 28.2. The molecule has 0 radical (unpaired) electrons. The second-order valence-corrected chi connectivity index (χ2v) is 40.9. The lowest BCUT2D eigenvalue weighted by atomic mass is 9.73. The maximum atomic E-state index is 13.5. The first kappa shape index (κ1) is 94.6. The first-order chi connectivity index (χ1) is 66.2. The predicted molar refractivity (Wildman–Crippen MR) is 512 cm³/mol. The van der Waals surface area contributed by atoms with E-state index in [-0.39, 0.29) is 212 Å². The van der Waals surface area contributed by atoms with Crippen LogP contribution in [0.3, 0.4) is 0 Å². The summed E-state index contributed by atoms with van der Waals surface area (Å²) >= 11 is 0. The predicted octanol–water partition coefficient (Wildman–Crippen LogP) is 17.7. The Morgan fingerprint density at radius 2 is 0.547 bits per heavy atom. The van der Waals surface area contributed by atoms with Crippen molar-refractivity contribution in [2.24, 2.45) is 82.9 Å². The Morgan fingerprint density at radius 3 is 0.839 bits per heavy atom. The molecule has 15 aliphatic rings. The zero-order valence-electron chi connectivity index (χ0n) is 79.1. The smallest absolute Gasteiger partial charge is 0.338 e. The van der Waals surface area contributed by atoms with E-state index >= 15 is 0 Å². The van der Waals surface area contributed by atoms with Crippen molar-refractivity contribution in [1.29, 1.82) is 0 Å². The SMILES string of the molecule is CC(CN1C(=O)CCC1=O)OC(=O)c1ccccc1.CC1=C(C)CC2C(=O)N(Cc3cccc(CN4C(=O)C5CC(C)=C(C)CC5C4=O)c3)C(=O)C2C1.O=C1C2CC=C(C3CCCCC3)CC2C(=O)N1Cc1cccc(CN2C(=O)C3CC=C(C4CCCCC4)CC3C2=O)c1.O=C1C2CC=C(c3ccccc3)CC2C(=O)N1Cc1cccc(CN2C(=O)C3CC=C(c4ccccc4)CC3C2=O)c1. The zero-order chi connectivity index (χ0) is 95.7. The van der Waals surface area contributed by atoms with E-state index in [4.69, 9.17) is 4.74 Å². The van der Waals surface area contributed by atoms with Gasteiger partial charge in [0.1, 0.15) is 6.10 Å². The van der Waals surface area contributed by atoms with Crippen molar-refractivity contribution in [3.05, 3.63) is 272 Å². The van der Waals surface area contributed by atoms with Crippen LogP contribution in [-0.2, 0) is 111 Å². The third kappa shape index (κ3) is 19.8. The molecule has 13 unspecified atom stereocenters. The van der Waals surface area contributed by atoms with Crippen molar-refractivity contribution in [3.63, 3.8) is 0 Å². The molecule has 6 aromatic carbocycles. The van der Waals surface area contributed by atoms with Gasteiger partial charge < -0.3 is 4.74 Å². The van der Waals surface area contributed by atoms with Crippen LogP contribution in [0.5, 0.6) is 0 Å². The molecule has 8 aliphatic carbocycles. The molecule has 0 aromatic heterocycles. The van der Waals surface area contributed by atoms with Crippen molar-refractivity contribution in [3.8, 4) is 0 Å². The van der Waals surface area contributed by atoms with E-state index in [2.05, 4.69) is 24.3 Å². The second kappa shape index (κ2) is 40.9. The number of carbonyl (C=O) groups excluding carboxylic acids is 15. The molecule has 0 N–H and O–H groups in total. The molecule has 137 heavy (non-hydrogen) atoms. The highest BCUT2D eigenvalue weighted by atomic mass is 16.5. The largest absolute Gasteiger partial charge is 0.457 e. The maximum Gasteiger partial charge on any atom is 0.338 e. The molecule has 6 aromatic rings. The number of hydrogen-bond acceptors (Lipinski definition) is 16. The number of carbonyl (C=O) groups is 15. The minimum atomic E-state index is -0.515. The van der Waals surface area contributed by atoms with Gasteiger partial charge in [-0.2, -0.15) is 0 Å². The minimum Gasteiger partial charge on any atom is -0.457 e. The summed E-state index contributed by atoms with van der Waals surface area (Å²) in [4.78, 5) is 204. The molecule has 23 nitrogen and oxygen atoms in total. The summed E-state index contributed by atoms with van der Waals surface area (Å²) in [6.45, 7) is 11.3. The second-order valence-electron chi connectivity index (χ2n) is 40.9. The van der Waals surface area contributed by atoms with Crippen LogP contribution in [0.15, 0.2) is 222 Å². The van der Waals surface area contributed by atoms with E-state index < -0.39 is 12.1 Å². The van der Waals surface area contributed by atoms with Crippen LogP contribution in [0.25, 0.3) is 11.1 Å². The van der Waals surface area contributed by atoms with Crippen LogP contribution < -0.4 is 0 Å². The quantitative estimate of drug-likeness (QED) is 0.0390. The van der Waals surface area contributed by atoms with E-state index in [1.807, 2.05) is 167 Å². The number of amides is 14. The summed E-state index contributed by atoms with van der Waals surface area (Å²) in [5.41, 5.74) is 17.6. The highest BCUT2D eigenvalue weighted by Crippen LogP contribution is 2.50. The molecule has 7 aliphatic heterocycles. The van der Waals surface area contributed by atoms with Gasteiger partial charge in [-0.05, 0) is 217 Å². The van der Waals surface area contributed by atoms with Crippen LogP contribution in [-0.4, -0.2) is 136 Å². The van der Waals surface area contributed by atoms with Gasteiger partial charge in [-0.25, -0.2) is 4.79 Å². The van der Waals surface area contributed by atoms with Crippen LogP contribution in [0.1, 0.15) is 244 Å². The summed E-state index contributed by atoms with van der Waals surface area (Å²) in [5.74, 6) is -3.86. The average Bonchev–Trinajstić information content (AvgIpc) is 1.64. The third-order valence-corrected chi connectivity index (χ3v) is 32.2. The summed E-state index contributed by atoms with van der Waals surface area (Å²) in [7, 11) is 0. The average molecular weight is 1850 g/mol. The first-order valence-electron chi connectivity index (χ1n) is 49.8. The van der Waals surface area contributed by atoms with Crippen molar-refractivity contribution in [2.45, 2.75) is 234 Å². The van der Waals surface area contributed by atoms with Gasteiger partial charge in [-0.3, -0.25) is 101 Å². The van der Waals surface area contributed by atoms with E-state index in [1.165, 1.54) is 127 Å². The molecule has 13 atom stereocenters. The number of ether oxygens (including phenoxy) is 1. The number of fused-ring (bicyclic) bond motifs is 6. The lowest BCUT2D eigenvalue weighted by Gasteiger charge is -2.30. The molecule has 7 saturated heterocycles. The van der Waals surface area contributed by atoms with Gasteiger partial charge in [-0.1, -0.05) is 248 Å². The Bertz CT molecular complexity index is 5660. The van der Waals surface area contributed by atoms with E-state index in [0.29, 0.717) is 81.6 Å². The number of hydrogen-bond donors (Lipinski definition) is 0. The number of esters is 1. The highest BCUT2D eigenvalue weighted by Gasteiger charge is 2.55. The molecule has 14 amide bonds. The number of rotatable bonds is 20. The summed E-state index contributed by atoms with van der Waals surface area (Å²) in [6.07, 6.45) is 29.0. The van der Waals surface area contributed by atoms with Crippen molar-refractivity contribution < 1.29 is 76.7 Å². The lowest BCUT2D eigenvalue weighted by Crippen LogP contribution is -2.37. The van der Waals surface area contributed by atoms with Crippen LogP contribution >= 0.6 is 0 Å². The highest BCUT2D eigenvalue weighted by molar-refractivity contribution is 6.10. The van der Waals surface area contributed by atoms with Crippen molar-refractivity contribution in [1.82, 2.24) is 34.3 Å². The van der Waals surface area contributed by atoms with Gasteiger partial charge in [0, 0.05) is 12.8 Å². The van der Waals surface area contributed by atoms with Gasteiger partial charge >= 0.3 is 5.97 Å². The Balaban J connectivity index is 0.000000126. The molecule has 21 rings (SSSR count). The monoisotopic (exact) mass is 1850 g/mol. The van der Waals surface area contributed by atoms with Gasteiger partial charge in [0.2, 0.25) is 82.7 Å². The summed E-state index contributed by atoms with van der Waals surface area (Å²) in [5, 5.41) is 0. The number of nitrogens with zero attached hydrogens (tertiary/aromatic N) is 7. The summed E-state index contributed by atoms with van der Waals surface area (Å²) < 4.78 is 5.21. The van der Waals surface area contributed by atoms with Crippen LogP contribution in [0.2, 0.25) is 0 Å². The number of likely N-dealkylation sites (tertiary alicyclic amines) is 7. The molecule has 9 fully saturated rings. The fraction of sp³-hybridized carbons (Fsp3) is 0.447. The Labute approximate surface area is 801 Å². The number of benzene rings is 6. The zero-order valence-corrected chi connectivity index (χ0v) is 79.1. The summed E-state index contributed by atoms with van der Waals surface area (Å²) in [6, 6.07) is 51.5. The number of allylic oxidation sites excluding steroid dienone is 12. The van der Waals surface area contributed by atoms with Crippen molar-refractivity contribution >= 4 is 99.8 Å². The fourth-order valence-electron chi connectivity index (χ4n) is 24.3. The van der Waals surface area contributed by atoms with Crippen molar-refractivity contribution in [2.75, 3.05) is 6.54 Å². The molecule has 0 spiro atoms. The molecular weight excluding hydrogens is 1720 g/mol. The molecule has 710 valence electrons. The van der Waals surface area contributed by atoms with Crippen LogP contribution in [0.4, 0.5) is 0 Å². The fourth-order valence-corrected chi connectivity index (χ4v) is 24.3. The van der Waals surface area contributed by atoms with Gasteiger partial charge in [0.25, 0.3) is 0 Å². The third-order valence-electron chi connectivity index (χ3n) is 32.2. The topological polar surface area (TPSA) is 288 Å². The van der Waals surface area contributed by atoms with E-state index in [1.54, 1.807) is 31.2 Å². The van der Waals surface area contributed by atoms with Gasteiger partial charge in [0.05, 0.1) is 122 Å². The molecule has 23 heteroatoms.